The Bertz CT molecular complexity index is 673. The first-order chi connectivity index (χ1) is 9.10. The molecule has 0 saturated heterocycles. The first-order valence-corrected chi connectivity index (χ1v) is 7.75. The van der Waals surface area contributed by atoms with E-state index in [0.29, 0.717) is 0 Å². The van der Waals surface area contributed by atoms with Gasteiger partial charge in [-0.05, 0) is 37.7 Å². The van der Waals surface area contributed by atoms with Gasteiger partial charge in [-0.3, -0.25) is 4.79 Å². The summed E-state index contributed by atoms with van der Waals surface area (Å²) in [5, 5.41) is 2.90. The molecule has 0 amide bonds. The lowest BCUT2D eigenvalue weighted by atomic mass is 9.89. The van der Waals surface area contributed by atoms with Crippen molar-refractivity contribution < 1.29 is 5.32 Å². The molecular formula is C14H20N3OS+. The molecule has 0 unspecified atom stereocenters. The van der Waals surface area contributed by atoms with Gasteiger partial charge in [0.1, 0.15) is 10.9 Å². The average molecular weight is 278 g/mol. The number of aryl methyl sites for hydroxylation is 1. The van der Waals surface area contributed by atoms with E-state index in [9.17, 15) is 4.79 Å². The monoisotopic (exact) mass is 278 g/mol. The molecule has 0 saturated carbocycles. The first-order valence-electron chi connectivity index (χ1n) is 6.94. The minimum atomic E-state index is 0.0424. The highest BCUT2D eigenvalue weighted by molar-refractivity contribution is 7.18. The Morgan fingerprint density at radius 3 is 3.05 bits per heavy atom. The molecule has 2 heterocycles. The van der Waals surface area contributed by atoms with Crippen molar-refractivity contribution in [1.29, 1.82) is 0 Å². The Kier molecular flexibility index (Phi) is 3.19. The summed E-state index contributed by atoms with van der Waals surface area (Å²) in [5.41, 5.74) is 1.30. The maximum absolute atomic E-state index is 12.3. The molecule has 2 aromatic rings. The highest BCUT2D eigenvalue weighted by atomic mass is 32.1. The van der Waals surface area contributed by atoms with E-state index in [0.717, 1.165) is 34.8 Å². The third-order valence-corrected chi connectivity index (χ3v) is 5.26. The zero-order valence-electron chi connectivity index (χ0n) is 11.6. The van der Waals surface area contributed by atoms with E-state index in [1.165, 1.54) is 16.9 Å². The van der Waals surface area contributed by atoms with E-state index >= 15 is 0 Å². The number of hydrogen-bond donors (Lipinski definition) is 2. The lowest BCUT2D eigenvalue weighted by Gasteiger charge is -2.17. The number of hydrogen-bond acceptors (Lipinski definition) is 3. The first kappa shape index (κ1) is 12.8. The fourth-order valence-electron chi connectivity index (χ4n) is 2.74. The zero-order valence-corrected chi connectivity index (χ0v) is 12.4. The van der Waals surface area contributed by atoms with E-state index in [4.69, 9.17) is 0 Å². The van der Waals surface area contributed by atoms with E-state index in [1.54, 1.807) is 11.3 Å². The van der Waals surface area contributed by atoms with Crippen LogP contribution in [-0.4, -0.2) is 17.0 Å². The summed E-state index contributed by atoms with van der Waals surface area (Å²) in [6.45, 7) is 4.34. The van der Waals surface area contributed by atoms with Gasteiger partial charge < -0.3 is 10.3 Å². The van der Waals surface area contributed by atoms with Gasteiger partial charge in [0.15, 0.2) is 5.82 Å². The van der Waals surface area contributed by atoms with Crippen LogP contribution in [0.5, 0.6) is 0 Å². The van der Waals surface area contributed by atoms with E-state index < -0.39 is 0 Å². The Morgan fingerprint density at radius 2 is 2.32 bits per heavy atom. The molecule has 0 aromatic carbocycles. The topological polar surface area (TPSA) is 62.4 Å². The van der Waals surface area contributed by atoms with Crippen molar-refractivity contribution >= 4 is 21.6 Å². The average Bonchev–Trinajstić information content (AvgIpc) is 2.75. The van der Waals surface area contributed by atoms with Crippen LogP contribution in [-0.2, 0) is 12.8 Å². The van der Waals surface area contributed by atoms with Crippen molar-refractivity contribution in [2.75, 3.05) is 7.05 Å². The normalized spacial score (nSPS) is 20.5. The van der Waals surface area contributed by atoms with Gasteiger partial charge in [-0.1, -0.05) is 6.92 Å². The summed E-state index contributed by atoms with van der Waals surface area (Å²) < 4.78 is 0. The Balaban J connectivity index is 2.19. The second kappa shape index (κ2) is 4.72. The zero-order chi connectivity index (χ0) is 13.6. The predicted octanol–water partition coefficient (Wildman–Crippen LogP) is 1.36. The van der Waals surface area contributed by atoms with E-state index in [-0.39, 0.29) is 11.6 Å². The fraction of sp³-hybridized carbons (Fsp3) is 0.571. The molecule has 3 N–H and O–H groups in total. The number of fused-ring (bicyclic) bond motifs is 3. The smallest absolute Gasteiger partial charge is 0.260 e. The molecule has 5 heteroatoms. The van der Waals surface area contributed by atoms with Crippen molar-refractivity contribution in [3.63, 3.8) is 0 Å². The summed E-state index contributed by atoms with van der Waals surface area (Å²) in [6.07, 6.45) is 3.30. The molecule has 4 nitrogen and oxygen atoms in total. The van der Waals surface area contributed by atoms with Crippen LogP contribution in [0.3, 0.4) is 0 Å². The molecule has 102 valence electrons. The minimum Gasteiger partial charge on any atom is -0.340 e. The summed E-state index contributed by atoms with van der Waals surface area (Å²) in [5.74, 6) is 1.51. The molecule has 1 aliphatic rings. The van der Waals surface area contributed by atoms with Crippen LogP contribution in [0.1, 0.15) is 42.6 Å². The van der Waals surface area contributed by atoms with Crippen molar-refractivity contribution in [3.05, 3.63) is 26.6 Å². The van der Waals surface area contributed by atoms with Gasteiger partial charge in [0.05, 0.1) is 12.4 Å². The SMILES string of the molecule is C[NH2+][C@H](C)c1nc2sc3c(c2c(=O)[nH]1)CC[C@H](C)C3. The van der Waals surface area contributed by atoms with Crippen LogP contribution in [0.25, 0.3) is 10.2 Å². The third kappa shape index (κ3) is 2.11. The number of aromatic nitrogens is 2. The van der Waals surface area contributed by atoms with Crippen molar-refractivity contribution in [3.8, 4) is 0 Å². The molecule has 1 aliphatic carbocycles. The standard InChI is InChI=1S/C14H19N3OS/c1-7-4-5-9-10(6-7)19-14-11(9)13(18)16-12(17-14)8(2)15-3/h7-8,15H,4-6H2,1-3H3,(H,16,17,18)/p+1/t7-,8+/m0/s1. The molecule has 0 fully saturated rings. The number of quaternary nitrogens is 1. The maximum atomic E-state index is 12.3. The molecule has 2 aromatic heterocycles. The summed E-state index contributed by atoms with van der Waals surface area (Å²) in [4.78, 5) is 22.3. The number of nitrogens with zero attached hydrogens (tertiary/aromatic N) is 1. The minimum absolute atomic E-state index is 0.0424. The van der Waals surface area contributed by atoms with Crippen molar-refractivity contribution in [2.45, 2.75) is 39.2 Å². The molecule has 19 heavy (non-hydrogen) atoms. The third-order valence-electron chi connectivity index (χ3n) is 4.12. The Morgan fingerprint density at radius 1 is 1.53 bits per heavy atom. The van der Waals surface area contributed by atoms with Crippen LogP contribution < -0.4 is 10.9 Å². The molecule has 0 bridgehead atoms. The fourth-order valence-corrected chi connectivity index (χ4v) is 4.13. The Hall–Kier alpha value is -1.20. The molecule has 3 rings (SSSR count). The van der Waals surface area contributed by atoms with E-state index in [1.807, 2.05) is 7.05 Å². The van der Waals surface area contributed by atoms with Crippen molar-refractivity contribution in [1.82, 2.24) is 9.97 Å². The maximum Gasteiger partial charge on any atom is 0.260 e. The van der Waals surface area contributed by atoms with Gasteiger partial charge in [-0.2, -0.15) is 0 Å². The molecule has 0 spiro atoms. The Labute approximate surface area is 116 Å². The van der Waals surface area contributed by atoms with Gasteiger partial charge in [0, 0.05) is 4.88 Å². The number of nitrogens with one attached hydrogen (secondary N) is 1. The van der Waals surface area contributed by atoms with Crippen LogP contribution in [0, 0.1) is 5.92 Å². The summed E-state index contributed by atoms with van der Waals surface area (Å²) >= 11 is 1.71. The quantitative estimate of drug-likeness (QED) is 0.871. The van der Waals surface area contributed by atoms with Gasteiger partial charge in [0.2, 0.25) is 0 Å². The number of thiophene rings is 1. The highest BCUT2D eigenvalue weighted by Gasteiger charge is 2.23. The summed E-state index contributed by atoms with van der Waals surface area (Å²) in [6, 6.07) is 0.190. The number of nitrogens with two attached hydrogens (primary N) is 1. The van der Waals surface area contributed by atoms with Crippen LogP contribution in [0.4, 0.5) is 0 Å². The molecule has 2 atom stereocenters. The largest absolute Gasteiger partial charge is 0.340 e. The summed E-state index contributed by atoms with van der Waals surface area (Å²) in [7, 11) is 2.00. The van der Waals surface area contributed by atoms with Crippen molar-refractivity contribution in [2.24, 2.45) is 5.92 Å². The van der Waals surface area contributed by atoms with Crippen LogP contribution in [0.2, 0.25) is 0 Å². The van der Waals surface area contributed by atoms with Gasteiger partial charge in [-0.15, -0.1) is 11.3 Å². The predicted molar refractivity (Wildman–Crippen MR) is 77.7 cm³/mol. The van der Waals surface area contributed by atoms with Gasteiger partial charge in [0.25, 0.3) is 5.56 Å². The van der Waals surface area contributed by atoms with Gasteiger partial charge >= 0.3 is 0 Å². The number of H-pyrrole nitrogens is 1. The van der Waals surface area contributed by atoms with E-state index in [2.05, 4.69) is 29.1 Å². The number of rotatable bonds is 2. The molecule has 0 aliphatic heterocycles. The second-order valence-electron chi connectivity index (χ2n) is 5.61. The second-order valence-corrected chi connectivity index (χ2v) is 6.69. The van der Waals surface area contributed by atoms with Gasteiger partial charge in [-0.25, -0.2) is 4.98 Å². The number of aromatic amines is 1. The highest BCUT2D eigenvalue weighted by Crippen LogP contribution is 2.35. The van der Waals surface area contributed by atoms with Crippen LogP contribution >= 0.6 is 11.3 Å². The lowest BCUT2D eigenvalue weighted by molar-refractivity contribution is -0.667. The molecular weight excluding hydrogens is 258 g/mol. The van der Waals surface area contributed by atoms with Crippen LogP contribution in [0.15, 0.2) is 4.79 Å². The lowest BCUT2D eigenvalue weighted by Crippen LogP contribution is -2.80. The molecule has 0 radical (unpaired) electrons.